The van der Waals surface area contributed by atoms with Gasteiger partial charge in [-0.05, 0) is 73.6 Å². The summed E-state index contributed by atoms with van der Waals surface area (Å²) < 4.78 is 13.4. The first-order valence-corrected chi connectivity index (χ1v) is 11.5. The summed E-state index contributed by atoms with van der Waals surface area (Å²) in [4.78, 5) is 14.4. The lowest BCUT2D eigenvalue weighted by Gasteiger charge is -2.30. The molecule has 4 N–H and O–H groups in total. The van der Waals surface area contributed by atoms with Gasteiger partial charge >= 0.3 is 0 Å². The van der Waals surface area contributed by atoms with Crippen molar-refractivity contribution in [1.29, 1.82) is 0 Å². The predicted molar refractivity (Wildman–Crippen MR) is 131 cm³/mol. The number of nitrogens with one attached hydrogen (secondary N) is 2. The minimum absolute atomic E-state index is 0.393. The summed E-state index contributed by atoms with van der Waals surface area (Å²) in [6.07, 6.45) is 0.989. The van der Waals surface area contributed by atoms with Crippen molar-refractivity contribution in [2.24, 2.45) is 5.73 Å². The number of aromatic nitrogens is 2. The molecule has 33 heavy (non-hydrogen) atoms. The van der Waals surface area contributed by atoms with Crippen LogP contribution >= 0.6 is 0 Å². The van der Waals surface area contributed by atoms with E-state index < -0.39 is 12.1 Å². The number of H-pyrrole nitrogens is 1. The molecular formula is C26H32FN5O. The lowest BCUT2D eigenvalue weighted by molar-refractivity contribution is 0.100. The number of hydrogen-bond donors (Lipinski definition) is 3. The van der Waals surface area contributed by atoms with Crippen molar-refractivity contribution in [1.82, 2.24) is 10.2 Å². The number of alkyl halides is 1. The van der Waals surface area contributed by atoms with Gasteiger partial charge in [-0.1, -0.05) is 24.3 Å². The Bertz CT molecular complexity index is 1110. The zero-order valence-corrected chi connectivity index (χ0v) is 19.5. The number of rotatable bonds is 7. The van der Waals surface area contributed by atoms with Crippen LogP contribution in [0.2, 0.25) is 0 Å². The number of carbonyl (C=O) groups is 1. The van der Waals surface area contributed by atoms with E-state index >= 15 is 0 Å². The Balaban J connectivity index is 1.46. The number of amides is 1. The standard InChI is InChI=1S/C26H32FN5O/c1-16-12-20(13-17(2)18(16)3)15-29-26-24(25(28)33)23(30-31-26)14-19-4-6-22(7-5-19)32-10-8-21(27)9-11-32/h4-7,12-13,21H,8-11,14-15H2,1-3H3,(H2,28,33)(H2,29,30,31). The molecule has 1 saturated heterocycles. The molecule has 0 saturated carbocycles. The molecule has 0 radical (unpaired) electrons. The average molecular weight is 450 g/mol. The molecule has 1 fully saturated rings. The Morgan fingerprint density at radius 3 is 2.36 bits per heavy atom. The number of carbonyl (C=O) groups excluding carboxylic acids is 1. The Hall–Kier alpha value is -3.35. The van der Waals surface area contributed by atoms with E-state index in [4.69, 9.17) is 5.73 Å². The fourth-order valence-corrected chi connectivity index (χ4v) is 4.45. The van der Waals surface area contributed by atoms with Crippen molar-refractivity contribution in [2.45, 2.75) is 52.8 Å². The lowest BCUT2D eigenvalue weighted by Crippen LogP contribution is -2.34. The van der Waals surface area contributed by atoms with Crippen LogP contribution in [0, 0.1) is 20.8 Å². The van der Waals surface area contributed by atoms with E-state index in [9.17, 15) is 9.18 Å². The summed E-state index contributed by atoms with van der Waals surface area (Å²) in [6, 6.07) is 12.5. The van der Waals surface area contributed by atoms with Crippen LogP contribution in [0.5, 0.6) is 0 Å². The van der Waals surface area contributed by atoms with Crippen LogP contribution in [0.15, 0.2) is 36.4 Å². The summed E-state index contributed by atoms with van der Waals surface area (Å²) >= 11 is 0. The second kappa shape index (κ2) is 9.65. The summed E-state index contributed by atoms with van der Waals surface area (Å²) in [5.74, 6) is -0.0395. The number of hydrogen-bond acceptors (Lipinski definition) is 4. The van der Waals surface area contributed by atoms with Gasteiger partial charge in [0.05, 0.1) is 5.69 Å². The van der Waals surface area contributed by atoms with E-state index in [1.807, 2.05) is 12.1 Å². The largest absolute Gasteiger partial charge is 0.371 e. The van der Waals surface area contributed by atoms with Gasteiger partial charge in [0.1, 0.15) is 11.7 Å². The predicted octanol–water partition coefficient (Wildman–Crippen LogP) is 4.58. The average Bonchev–Trinajstić information content (AvgIpc) is 3.19. The van der Waals surface area contributed by atoms with Crippen LogP contribution in [0.3, 0.4) is 0 Å². The van der Waals surface area contributed by atoms with Crippen molar-refractivity contribution >= 4 is 17.4 Å². The molecule has 0 spiro atoms. The number of anilines is 2. The van der Waals surface area contributed by atoms with E-state index in [0.717, 1.165) is 29.9 Å². The maximum Gasteiger partial charge on any atom is 0.254 e. The van der Waals surface area contributed by atoms with Gasteiger partial charge in [-0.2, -0.15) is 5.10 Å². The summed E-state index contributed by atoms with van der Waals surface area (Å²) in [5.41, 5.74) is 13.8. The number of nitrogens with two attached hydrogens (primary N) is 1. The molecule has 1 aliphatic rings. The van der Waals surface area contributed by atoms with E-state index in [1.165, 1.54) is 16.7 Å². The highest BCUT2D eigenvalue weighted by Crippen LogP contribution is 2.25. The number of nitrogens with zero attached hydrogens (tertiary/aromatic N) is 2. The van der Waals surface area contributed by atoms with Crippen LogP contribution in [0.25, 0.3) is 0 Å². The van der Waals surface area contributed by atoms with Crippen LogP contribution in [0.1, 0.15) is 56.7 Å². The molecule has 7 heteroatoms. The molecule has 0 atom stereocenters. The van der Waals surface area contributed by atoms with E-state index in [1.54, 1.807) is 0 Å². The highest BCUT2D eigenvalue weighted by atomic mass is 19.1. The summed E-state index contributed by atoms with van der Waals surface area (Å²) in [6.45, 7) is 8.34. The van der Waals surface area contributed by atoms with Crippen molar-refractivity contribution < 1.29 is 9.18 Å². The van der Waals surface area contributed by atoms with Gasteiger partial charge in [0.2, 0.25) is 0 Å². The van der Waals surface area contributed by atoms with Crippen LogP contribution in [-0.4, -0.2) is 35.4 Å². The number of halogens is 1. The molecule has 1 aromatic heterocycles. The van der Waals surface area contributed by atoms with E-state index in [-0.39, 0.29) is 0 Å². The molecule has 2 heterocycles. The highest BCUT2D eigenvalue weighted by molar-refractivity contribution is 5.99. The smallest absolute Gasteiger partial charge is 0.254 e. The van der Waals surface area contributed by atoms with Gasteiger partial charge in [0, 0.05) is 31.7 Å². The van der Waals surface area contributed by atoms with Gasteiger partial charge < -0.3 is 16.0 Å². The lowest BCUT2D eigenvalue weighted by atomic mass is 10.0. The molecule has 0 aliphatic carbocycles. The van der Waals surface area contributed by atoms with Crippen molar-refractivity contribution in [3.05, 3.63) is 75.5 Å². The molecule has 2 aromatic carbocycles. The third kappa shape index (κ3) is 5.18. The van der Waals surface area contributed by atoms with Crippen LogP contribution < -0.4 is 16.0 Å². The third-order valence-electron chi connectivity index (χ3n) is 6.64. The number of aromatic amines is 1. The van der Waals surface area contributed by atoms with Crippen molar-refractivity contribution in [3.63, 3.8) is 0 Å². The molecular weight excluding hydrogens is 417 g/mol. The number of primary amides is 1. The molecule has 174 valence electrons. The van der Waals surface area contributed by atoms with Gasteiger partial charge in [-0.25, -0.2) is 4.39 Å². The Labute approximate surface area is 194 Å². The molecule has 0 bridgehead atoms. The summed E-state index contributed by atoms with van der Waals surface area (Å²) in [7, 11) is 0. The van der Waals surface area contributed by atoms with E-state index in [2.05, 4.69) is 65.5 Å². The first-order chi connectivity index (χ1) is 15.8. The zero-order valence-electron chi connectivity index (χ0n) is 19.5. The minimum atomic E-state index is -0.685. The Morgan fingerprint density at radius 1 is 1.12 bits per heavy atom. The molecule has 1 amide bonds. The Kier molecular flexibility index (Phi) is 6.67. The second-order valence-corrected chi connectivity index (χ2v) is 9.00. The van der Waals surface area contributed by atoms with Crippen molar-refractivity contribution in [2.75, 3.05) is 23.3 Å². The van der Waals surface area contributed by atoms with E-state index in [0.29, 0.717) is 42.9 Å². The molecule has 0 unspecified atom stereocenters. The molecule has 4 rings (SSSR count). The first-order valence-electron chi connectivity index (χ1n) is 11.5. The fraction of sp³-hybridized carbons (Fsp3) is 0.385. The number of aryl methyl sites for hydroxylation is 2. The Morgan fingerprint density at radius 2 is 1.76 bits per heavy atom. The third-order valence-corrected chi connectivity index (χ3v) is 6.64. The molecule has 3 aromatic rings. The van der Waals surface area contributed by atoms with Crippen LogP contribution in [0.4, 0.5) is 15.9 Å². The van der Waals surface area contributed by atoms with Crippen LogP contribution in [-0.2, 0) is 13.0 Å². The van der Waals surface area contributed by atoms with Crippen molar-refractivity contribution in [3.8, 4) is 0 Å². The first kappa shape index (κ1) is 22.8. The normalized spacial score (nSPS) is 14.5. The maximum atomic E-state index is 13.4. The molecule has 6 nitrogen and oxygen atoms in total. The fourth-order valence-electron chi connectivity index (χ4n) is 4.45. The maximum absolute atomic E-state index is 13.4. The SMILES string of the molecule is Cc1cc(CNc2n[nH]c(Cc3ccc(N4CCC(F)CC4)cc3)c2C(N)=O)cc(C)c1C. The topological polar surface area (TPSA) is 87.0 Å². The number of piperidine rings is 1. The minimum Gasteiger partial charge on any atom is -0.371 e. The number of benzene rings is 2. The van der Waals surface area contributed by atoms with Gasteiger partial charge in [-0.3, -0.25) is 9.89 Å². The molecule has 1 aliphatic heterocycles. The van der Waals surface area contributed by atoms with Gasteiger partial charge in [0.25, 0.3) is 5.91 Å². The summed E-state index contributed by atoms with van der Waals surface area (Å²) in [5, 5.41) is 10.6. The second-order valence-electron chi connectivity index (χ2n) is 9.00. The monoisotopic (exact) mass is 449 g/mol. The highest BCUT2D eigenvalue weighted by Gasteiger charge is 2.20. The van der Waals surface area contributed by atoms with Gasteiger partial charge in [-0.15, -0.1) is 0 Å². The van der Waals surface area contributed by atoms with Gasteiger partial charge in [0.15, 0.2) is 5.82 Å². The zero-order chi connectivity index (χ0) is 23.5. The quantitative estimate of drug-likeness (QED) is 0.493.